The number of hydrogen-bond donors (Lipinski definition) is 2. The van der Waals surface area contributed by atoms with E-state index < -0.39 is 24.1 Å². The average molecular weight is 540 g/mol. The molecule has 0 bridgehead atoms. The number of esters is 1. The van der Waals surface area contributed by atoms with Crippen molar-refractivity contribution in [3.63, 3.8) is 0 Å². The molecule has 40 heavy (non-hydrogen) atoms. The number of nitrogens with one attached hydrogen (secondary N) is 1. The van der Waals surface area contributed by atoms with Crippen LogP contribution in [0, 0.1) is 0 Å². The number of amides is 1. The summed E-state index contributed by atoms with van der Waals surface area (Å²) in [5.41, 5.74) is 4.94. The third-order valence-electron chi connectivity index (χ3n) is 6.49. The number of aromatic nitrogens is 2. The summed E-state index contributed by atoms with van der Waals surface area (Å²) >= 11 is 0. The summed E-state index contributed by atoms with van der Waals surface area (Å²) in [6.45, 7) is 3.56. The first-order valence-corrected chi connectivity index (χ1v) is 12.5. The monoisotopic (exact) mass is 539 g/mol. The average Bonchev–Trinajstić information content (AvgIpc) is 3.57. The molecule has 10 nitrogen and oxygen atoms in total. The lowest BCUT2D eigenvalue weighted by Gasteiger charge is -2.18. The molecule has 0 saturated heterocycles. The lowest BCUT2D eigenvalue weighted by molar-refractivity contribution is -0.144. The van der Waals surface area contributed by atoms with Gasteiger partial charge in [-0.25, -0.2) is 14.4 Å². The van der Waals surface area contributed by atoms with Crippen LogP contribution in [-0.2, 0) is 20.7 Å². The van der Waals surface area contributed by atoms with E-state index in [1.807, 2.05) is 48.5 Å². The van der Waals surface area contributed by atoms with Crippen molar-refractivity contribution in [2.75, 3.05) is 13.2 Å². The van der Waals surface area contributed by atoms with E-state index in [-0.39, 0.29) is 42.9 Å². The SMILES string of the molecule is C=CCOC(=O)C(Cc1nnc(-c2ccc(C(=O)O)cc2)o1)NC(=O)OCC1c2ccccc2-c2ccccc21. The van der Waals surface area contributed by atoms with Crippen LogP contribution < -0.4 is 5.32 Å². The topological polar surface area (TPSA) is 141 Å². The van der Waals surface area contributed by atoms with E-state index in [9.17, 15) is 14.4 Å². The van der Waals surface area contributed by atoms with Crippen LogP contribution >= 0.6 is 0 Å². The summed E-state index contributed by atoms with van der Waals surface area (Å²) < 4.78 is 16.4. The van der Waals surface area contributed by atoms with Gasteiger partial charge in [-0.2, -0.15) is 0 Å². The summed E-state index contributed by atoms with van der Waals surface area (Å²) in [5, 5.41) is 19.6. The molecule has 202 valence electrons. The molecule has 1 unspecified atom stereocenters. The van der Waals surface area contributed by atoms with E-state index in [1.165, 1.54) is 30.3 Å². The molecule has 0 saturated carbocycles. The van der Waals surface area contributed by atoms with Crippen LogP contribution in [0.2, 0.25) is 0 Å². The fourth-order valence-electron chi connectivity index (χ4n) is 4.60. The molecular formula is C30H25N3O7. The van der Waals surface area contributed by atoms with E-state index in [4.69, 9.17) is 19.0 Å². The molecule has 2 N–H and O–H groups in total. The maximum atomic E-state index is 12.8. The van der Waals surface area contributed by atoms with Crippen LogP contribution in [0.15, 0.2) is 89.9 Å². The van der Waals surface area contributed by atoms with Crippen LogP contribution in [0.4, 0.5) is 4.79 Å². The molecule has 0 spiro atoms. The highest BCUT2D eigenvalue weighted by atomic mass is 16.6. The fourth-order valence-corrected chi connectivity index (χ4v) is 4.60. The minimum Gasteiger partial charge on any atom is -0.478 e. The second-order valence-electron chi connectivity index (χ2n) is 9.03. The van der Waals surface area contributed by atoms with Gasteiger partial charge in [0.1, 0.15) is 19.3 Å². The van der Waals surface area contributed by atoms with Crippen molar-refractivity contribution in [3.05, 3.63) is 108 Å². The molecule has 1 amide bonds. The maximum absolute atomic E-state index is 12.8. The number of carboxylic acids is 1. The quantitative estimate of drug-likeness (QED) is 0.218. The zero-order valence-corrected chi connectivity index (χ0v) is 21.3. The molecule has 1 aliphatic carbocycles. The number of fused-ring (bicyclic) bond motifs is 3. The first-order chi connectivity index (χ1) is 19.4. The summed E-state index contributed by atoms with van der Waals surface area (Å²) in [5.74, 6) is -1.73. The highest BCUT2D eigenvalue weighted by Crippen LogP contribution is 2.44. The van der Waals surface area contributed by atoms with Gasteiger partial charge in [-0.05, 0) is 46.5 Å². The van der Waals surface area contributed by atoms with Gasteiger partial charge < -0.3 is 24.3 Å². The second-order valence-corrected chi connectivity index (χ2v) is 9.03. The number of carbonyl (C=O) groups excluding carboxylic acids is 2. The van der Waals surface area contributed by atoms with Gasteiger partial charge >= 0.3 is 18.0 Å². The zero-order chi connectivity index (χ0) is 28.1. The van der Waals surface area contributed by atoms with Gasteiger partial charge in [-0.3, -0.25) is 0 Å². The Labute approximate surface area is 229 Å². The summed E-state index contributed by atoms with van der Waals surface area (Å²) in [6, 6.07) is 20.7. The Morgan fingerprint density at radius 3 is 2.23 bits per heavy atom. The minimum absolute atomic E-state index is 0.0489. The number of nitrogens with zero attached hydrogens (tertiary/aromatic N) is 2. The van der Waals surface area contributed by atoms with Gasteiger partial charge in [0.15, 0.2) is 0 Å². The second kappa shape index (κ2) is 11.6. The number of carbonyl (C=O) groups is 3. The zero-order valence-electron chi connectivity index (χ0n) is 21.3. The molecule has 3 aromatic carbocycles. The van der Waals surface area contributed by atoms with Crippen molar-refractivity contribution in [2.24, 2.45) is 0 Å². The van der Waals surface area contributed by atoms with Gasteiger partial charge in [0.25, 0.3) is 0 Å². The Morgan fingerprint density at radius 1 is 0.950 bits per heavy atom. The number of ether oxygens (including phenoxy) is 2. The summed E-state index contributed by atoms with van der Waals surface area (Å²) in [7, 11) is 0. The number of hydrogen-bond acceptors (Lipinski definition) is 8. The highest BCUT2D eigenvalue weighted by molar-refractivity contribution is 5.88. The van der Waals surface area contributed by atoms with Crippen molar-refractivity contribution in [1.29, 1.82) is 0 Å². The third kappa shape index (κ3) is 5.60. The van der Waals surface area contributed by atoms with Gasteiger partial charge in [-0.15, -0.1) is 10.2 Å². The fraction of sp³-hybridized carbons (Fsp3) is 0.167. The molecule has 10 heteroatoms. The molecule has 1 aromatic heterocycles. The molecule has 4 aromatic rings. The number of benzene rings is 3. The Morgan fingerprint density at radius 2 is 1.60 bits per heavy atom. The molecule has 0 radical (unpaired) electrons. The van der Waals surface area contributed by atoms with Gasteiger partial charge in [0.2, 0.25) is 11.8 Å². The normalized spacial score (nSPS) is 12.6. The van der Waals surface area contributed by atoms with Gasteiger partial charge in [0.05, 0.1) is 12.0 Å². The third-order valence-corrected chi connectivity index (χ3v) is 6.49. The van der Waals surface area contributed by atoms with Crippen LogP contribution in [0.3, 0.4) is 0 Å². The first kappa shape index (κ1) is 26.4. The Kier molecular flexibility index (Phi) is 7.68. The standard InChI is InChI=1S/C30H25N3O7/c1-2-15-38-29(36)25(16-26-32-33-27(40-26)18-11-13-19(14-12-18)28(34)35)31-30(37)39-17-24-22-9-5-3-7-20(22)21-8-4-6-10-23(21)24/h2-14,24-25H,1,15-17H2,(H,31,37)(H,34,35). The predicted octanol–water partition coefficient (Wildman–Crippen LogP) is 4.61. The lowest BCUT2D eigenvalue weighted by atomic mass is 9.98. The van der Waals surface area contributed by atoms with Crippen molar-refractivity contribution >= 4 is 18.0 Å². The van der Waals surface area contributed by atoms with E-state index in [2.05, 4.69) is 22.1 Å². The molecular weight excluding hydrogens is 514 g/mol. The van der Waals surface area contributed by atoms with Crippen molar-refractivity contribution in [2.45, 2.75) is 18.4 Å². The lowest BCUT2D eigenvalue weighted by Crippen LogP contribution is -2.44. The van der Waals surface area contributed by atoms with Gasteiger partial charge in [-0.1, -0.05) is 61.2 Å². The summed E-state index contributed by atoms with van der Waals surface area (Å²) in [6.07, 6.45) is 0.459. The van der Waals surface area contributed by atoms with E-state index in [0.717, 1.165) is 22.3 Å². The van der Waals surface area contributed by atoms with Crippen LogP contribution in [-0.4, -0.2) is 52.6 Å². The first-order valence-electron chi connectivity index (χ1n) is 12.5. The largest absolute Gasteiger partial charge is 0.478 e. The van der Waals surface area contributed by atoms with Crippen LogP contribution in [0.5, 0.6) is 0 Å². The summed E-state index contributed by atoms with van der Waals surface area (Å²) in [4.78, 5) is 36.6. The van der Waals surface area contributed by atoms with Crippen LogP contribution in [0.1, 0.15) is 33.3 Å². The number of alkyl carbamates (subject to hydrolysis) is 1. The van der Waals surface area contributed by atoms with Crippen molar-refractivity contribution in [3.8, 4) is 22.6 Å². The number of rotatable bonds is 10. The van der Waals surface area contributed by atoms with Crippen molar-refractivity contribution in [1.82, 2.24) is 15.5 Å². The maximum Gasteiger partial charge on any atom is 0.407 e. The molecule has 1 heterocycles. The van der Waals surface area contributed by atoms with E-state index in [1.54, 1.807) is 0 Å². The van der Waals surface area contributed by atoms with Crippen LogP contribution in [0.25, 0.3) is 22.6 Å². The number of carboxylic acid groups (broad SMARTS) is 1. The van der Waals surface area contributed by atoms with E-state index >= 15 is 0 Å². The van der Waals surface area contributed by atoms with E-state index in [0.29, 0.717) is 5.56 Å². The molecule has 1 aliphatic rings. The Bertz CT molecular complexity index is 1520. The molecule has 0 aliphatic heterocycles. The predicted molar refractivity (Wildman–Crippen MR) is 144 cm³/mol. The highest BCUT2D eigenvalue weighted by Gasteiger charge is 2.30. The Hall–Kier alpha value is -5.25. The smallest absolute Gasteiger partial charge is 0.407 e. The molecule has 0 fully saturated rings. The minimum atomic E-state index is -1.17. The Balaban J connectivity index is 1.27. The molecule has 5 rings (SSSR count). The van der Waals surface area contributed by atoms with Crippen molar-refractivity contribution < 1.29 is 33.4 Å². The molecule has 1 atom stereocenters. The van der Waals surface area contributed by atoms with Gasteiger partial charge in [0, 0.05) is 11.5 Å². The number of aromatic carboxylic acids is 1.